The number of rotatable bonds is 3. The lowest BCUT2D eigenvalue weighted by Crippen LogP contribution is -2.05. The van der Waals surface area contributed by atoms with Crippen LogP contribution in [-0.4, -0.2) is 7.05 Å². The van der Waals surface area contributed by atoms with E-state index in [0.717, 1.165) is 17.0 Å². The summed E-state index contributed by atoms with van der Waals surface area (Å²) in [6.07, 6.45) is 0. The molecule has 0 amide bonds. The maximum Gasteiger partial charge on any atom is 0.0484 e. The van der Waals surface area contributed by atoms with Gasteiger partial charge < -0.3 is 5.32 Å². The van der Waals surface area contributed by atoms with Gasteiger partial charge in [-0.25, -0.2) is 0 Å². The van der Waals surface area contributed by atoms with E-state index in [9.17, 15) is 0 Å². The van der Waals surface area contributed by atoms with E-state index in [2.05, 4.69) is 54.7 Å². The zero-order valence-electron chi connectivity index (χ0n) is 12.3. The molecule has 3 rings (SSSR count). The molecule has 21 heavy (non-hydrogen) atoms. The van der Waals surface area contributed by atoms with Crippen molar-refractivity contribution >= 4 is 22.4 Å². The van der Waals surface area contributed by atoms with Gasteiger partial charge >= 0.3 is 0 Å². The fourth-order valence-corrected chi connectivity index (χ4v) is 3.00. The smallest absolute Gasteiger partial charge is 0.0484 e. The molecule has 1 nitrogen and oxygen atoms in total. The van der Waals surface area contributed by atoms with E-state index in [1.807, 2.05) is 19.2 Å². The Morgan fingerprint density at radius 2 is 1.67 bits per heavy atom. The van der Waals surface area contributed by atoms with Crippen molar-refractivity contribution in [1.29, 1.82) is 0 Å². The van der Waals surface area contributed by atoms with Crippen LogP contribution in [0.4, 0.5) is 0 Å². The van der Waals surface area contributed by atoms with Crippen LogP contribution in [0.3, 0.4) is 0 Å². The second-order valence-electron chi connectivity index (χ2n) is 5.32. The lowest BCUT2D eigenvalue weighted by molar-refractivity contribution is 0.818. The summed E-state index contributed by atoms with van der Waals surface area (Å²) in [7, 11) is 1.97. The number of halogens is 1. The van der Waals surface area contributed by atoms with Gasteiger partial charge in [-0.15, -0.1) is 0 Å². The molecular weight excluding hydrogens is 278 g/mol. The Labute approximate surface area is 130 Å². The third-order valence-electron chi connectivity index (χ3n) is 3.84. The molecule has 0 heterocycles. The van der Waals surface area contributed by atoms with Gasteiger partial charge in [0.25, 0.3) is 0 Å². The van der Waals surface area contributed by atoms with Crippen LogP contribution in [0.1, 0.15) is 11.1 Å². The van der Waals surface area contributed by atoms with Gasteiger partial charge in [-0.05, 0) is 53.7 Å². The lowest BCUT2D eigenvalue weighted by Gasteiger charge is -2.13. The van der Waals surface area contributed by atoms with E-state index in [1.54, 1.807) is 0 Å². The lowest BCUT2D eigenvalue weighted by atomic mass is 9.93. The zero-order valence-corrected chi connectivity index (χ0v) is 13.0. The number of nitrogens with one attached hydrogen (secondary N) is 1. The van der Waals surface area contributed by atoms with Gasteiger partial charge in [0.1, 0.15) is 0 Å². The van der Waals surface area contributed by atoms with Crippen LogP contribution in [0.15, 0.2) is 54.6 Å². The molecule has 0 aromatic heterocycles. The molecule has 0 aliphatic carbocycles. The summed E-state index contributed by atoms with van der Waals surface area (Å²) in [6.45, 7) is 3.03. The van der Waals surface area contributed by atoms with E-state index >= 15 is 0 Å². The van der Waals surface area contributed by atoms with Crippen LogP contribution in [0.5, 0.6) is 0 Å². The molecule has 0 aliphatic heterocycles. The molecule has 0 bridgehead atoms. The third-order valence-corrected chi connectivity index (χ3v) is 4.17. The van der Waals surface area contributed by atoms with Crippen LogP contribution in [0.25, 0.3) is 21.9 Å². The first kappa shape index (κ1) is 14.1. The van der Waals surface area contributed by atoms with Gasteiger partial charge in [0.05, 0.1) is 0 Å². The number of aryl methyl sites for hydroxylation is 1. The minimum atomic E-state index is 0.804. The summed E-state index contributed by atoms with van der Waals surface area (Å²) in [5.41, 5.74) is 5.08. The normalized spacial score (nSPS) is 11.0. The molecule has 0 atom stereocenters. The van der Waals surface area contributed by atoms with Gasteiger partial charge in [-0.1, -0.05) is 54.1 Å². The quantitative estimate of drug-likeness (QED) is 0.701. The Balaban J connectivity index is 2.25. The Morgan fingerprint density at radius 1 is 0.905 bits per heavy atom. The first-order valence-electron chi connectivity index (χ1n) is 7.12. The summed E-state index contributed by atoms with van der Waals surface area (Å²) in [5.74, 6) is 0. The molecule has 0 saturated carbocycles. The molecule has 0 radical (unpaired) electrons. The van der Waals surface area contributed by atoms with Crippen LogP contribution < -0.4 is 5.32 Å². The van der Waals surface area contributed by atoms with Gasteiger partial charge in [-0.2, -0.15) is 0 Å². The standard InChI is InChI=1S/C19H18ClN/c1-13-7-8-14(12-21-2)11-18(13)16-9-10-19(20)17-6-4-3-5-15(16)17/h3-11,21H,12H2,1-2H3. The maximum absolute atomic E-state index is 6.33. The van der Waals surface area contributed by atoms with Crippen molar-refractivity contribution in [3.05, 3.63) is 70.7 Å². The summed E-state index contributed by atoms with van der Waals surface area (Å²) in [5, 5.41) is 6.32. The molecule has 0 fully saturated rings. The Hall–Kier alpha value is -1.83. The first-order chi connectivity index (χ1) is 10.2. The van der Waals surface area contributed by atoms with Crippen molar-refractivity contribution in [2.45, 2.75) is 13.5 Å². The number of hydrogen-bond acceptors (Lipinski definition) is 1. The molecule has 106 valence electrons. The fraction of sp³-hybridized carbons (Fsp3) is 0.158. The zero-order chi connectivity index (χ0) is 14.8. The molecule has 3 aromatic carbocycles. The fourth-order valence-electron chi connectivity index (χ4n) is 2.77. The Kier molecular flexibility index (Phi) is 3.96. The molecule has 0 saturated heterocycles. The number of hydrogen-bond donors (Lipinski definition) is 1. The molecule has 0 spiro atoms. The summed E-state index contributed by atoms with van der Waals surface area (Å²) in [4.78, 5) is 0. The SMILES string of the molecule is CNCc1ccc(C)c(-c2ccc(Cl)c3ccccc23)c1. The van der Waals surface area contributed by atoms with Crippen molar-refractivity contribution in [2.75, 3.05) is 7.05 Å². The minimum Gasteiger partial charge on any atom is -0.316 e. The largest absolute Gasteiger partial charge is 0.316 e. The van der Waals surface area contributed by atoms with E-state index in [0.29, 0.717) is 0 Å². The van der Waals surface area contributed by atoms with E-state index < -0.39 is 0 Å². The maximum atomic E-state index is 6.33. The molecule has 1 N–H and O–H groups in total. The van der Waals surface area contributed by atoms with Crippen LogP contribution >= 0.6 is 11.6 Å². The average molecular weight is 296 g/mol. The molecule has 0 unspecified atom stereocenters. The van der Waals surface area contributed by atoms with Gasteiger partial charge in [-0.3, -0.25) is 0 Å². The topological polar surface area (TPSA) is 12.0 Å². The predicted octanol–water partition coefficient (Wildman–Crippen LogP) is 5.19. The summed E-state index contributed by atoms with van der Waals surface area (Å²) >= 11 is 6.33. The van der Waals surface area contributed by atoms with Crippen molar-refractivity contribution in [3.8, 4) is 11.1 Å². The van der Waals surface area contributed by atoms with Crippen LogP contribution in [-0.2, 0) is 6.54 Å². The van der Waals surface area contributed by atoms with Crippen molar-refractivity contribution in [3.63, 3.8) is 0 Å². The monoisotopic (exact) mass is 295 g/mol. The van der Waals surface area contributed by atoms with Gasteiger partial charge in [0.15, 0.2) is 0 Å². The highest BCUT2D eigenvalue weighted by Gasteiger charge is 2.09. The van der Waals surface area contributed by atoms with Crippen LogP contribution in [0.2, 0.25) is 5.02 Å². The average Bonchev–Trinajstić information content (AvgIpc) is 2.51. The van der Waals surface area contributed by atoms with E-state index in [1.165, 1.54) is 27.6 Å². The first-order valence-corrected chi connectivity index (χ1v) is 7.50. The minimum absolute atomic E-state index is 0.804. The summed E-state index contributed by atoms with van der Waals surface area (Å²) < 4.78 is 0. The van der Waals surface area contributed by atoms with Gasteiger partial charge in [0.2, 0.25) is 0 Å². The second kappa shape index (κ2) is 5.88. The van der Waals surface area contributed by atoms with Crippen LogP contribution in [0, 0.1) is 6.92 Å². The highest BCUT2D eigenvalue weighted by Crippen LogP contribution is 2.34. The molecule has 0 aliphatic rings. The number of benzene rings is 3. The Bertz CT molecular complexity index is 793. The van der Waals surface area contributed by atoms with Crippen molar-refractivity contribution in [2.24, 2.45) is 0 Å². The highest BCUT2D eigenvalue weighted by molar-refractivity contribution is 6.36. The van der Waals surface area contributed by atoms with Crippen molar-refractivity contribution < 1.29 is 0 Å². The summed E-state index contributed by atoms with van der Waals surface area (Å²) in [6, 6.07) is 19.0. The molecular formula is C19H18ClN. The molecule has 3 aromatic rings. The highest BCUT2D eigenvalue weighted by atomic mass is 35.5. The molecule has 2 heteroatoms. The van der Waals surface area contributed by atoms with Crippen molar-refractivity contribution in [1.82, 2.24) is 5.32 Å². The van der Waals surface area contributed by atoms with E-state index in [-0.39, 0.29) is 0 Å². The second-order valence-corrected chi connectivity index (χ2v) is 5.73. The third kappa shape index (κ3) is 2.67. The number of fused-ring (bicyclic) bond motifs is 1. The Morgan fingerprint density at radius 3 is 2.43 bits per heavy atom. The predicted molar refractivity (Wildman–Crippen MR) is 91.9 cm³/mol. The van der Waals surface area contributed by atoms with E-state index in [4.69, 9.17) is 11.6 Å². The van der Waals surface area contributed by atoms with Gasteiger partial charge in [0, 0.05) is 17.0 Å².